The molecule has 0 spiro atoms. The summed E-state index contributed by atoms with van der Waals surface area (Å²) in [5.41, 5.74) is 0. The maximum absolute atomic E-state index is 11.2. The van der Waals surface area contributed by atoms with Crippen LogP contribution in [0.15, 0.2) is 0 Å². The lowest BCUT2D eigenvalue weighted by Gasteiger charge is -2.39. The monoisotopic (exact) mass is 216 g/mol. The van der Waals surface area contributed by atoms with Gasteiger partial charge in [-0.15, -0.1) is 0 Å². The van der Waals surface area contributed by atoms with Gasteiger partial charge in [0.15, 0.2) is 0 Å². The van der Waals surface area contributed by atoms with E-state index in [1.807, 2.05) is 0 Å². The highest BCUT2D eigenvalue weighted by atomic mass is 32.2. The van der Waals surface area contributed by atoms with Gasteiger partial charge in [0.25, 0.3) is 0 Å². The Morgan fingerprint density at radius 1 is 1.07 bits per heavy atom. The molecule has 0 aromatic carbocycles. The van der Waals surface area contributed by atoms with Gasteiger partial charge in [-0.1, -0.05) is 11.2 Å². The van der Waals surface area contributed by atoms with Crippen LogP contribution in [0.2, 0.25) is 0 Å². The smallest absolute Gasteiger partial charge is 0.118 e. The van der Waals surface area contributed by atoms with Crippen LogP contribution in [0.4, 0.5) is 0 Å². The lowest BCUT2D eigenvalue weighted by molar-refractivity contribution is 0.129. The summed E-state index contributed by atoms with van der Waals surface area (Å²) >= 11 is -0.524. The minimum Gasteiger partial charge on any atom is -0.616 e. The molecule has 2 aliphatic rings. The van der Waals surface area contributed by atoms with Crippen molar-refractivity contribution in [1.29, 1.82) is 0 Å². The van der Waals surface area contributed by atoms with E-state index >= 15 is 0 Å². The van der Waals surface area contributed by atoms with Crippen LogP contribution >= 0.6 is 0 Å². The van der Waals surface area contributed by atoms with E-state index in [-0.39, 0.29) is 0 Å². The summed E-state index contributed by atoms with van der Waals surface area (Å²) in [4.78, 5) is 4.95. The molecule has 3 nitrogen and oxygen atoms in total. The second-order valence-electron chi connectivity index (χ2n) is 4.42. The zero-order chi connectivity index (χ0) is 9.97. The number of hydrogen-bond acceptors (Lipinski definition) is 3. The van der Waals surface area contributed by atoms with Crippen molar-refractivity contribution in [2.24, 2.45) is 0 Å². The predicted octanol–water partition coefficient (Wildman–Crippen LogP) is 0.145. The molecular formula is C10H20N2OS. The molecule has 14 heavy (non-hydrogen) atoms. The Hall–Kier alpha value is 0.230. The first kappa shape index (κ1) is 10.7. The Kier molecular flexibility index (Phi) is 3.71. The summed E-state index contributed by atoms with van der Waals surface area (Å²) in [6.07, 6.45) is 2.59. The van der Waals surface area contributed by atoms with Gasteiger partial charge in [-0.3, -0.25) is 4.90 Å². The zero-order valence-electron chi connectivity index (χ0n) is 8.95. The van der Waals surface area contributed by atoms with Crippen molar-refractivity contribution in [3.8, 4) is 0 Å². The zero-order valence-corrected chi connectivity index (χ0v) is 9.76. The highest BCUT2D eigenvalue weighted by Crippen LogP contribution is 2.17. The molecule has 82 valence electrons. The van der Waals surface area contributed by atoms with E-state index in [2.05, 4.69) is 16.8 Å². The van der Waals surface area contributed by atoms with Crippen molar-refractivity contribution in [3.05, 3.63) is 0 Å². The fraction of sp³-hybridized carbons (Fsp3) is 1.00. The van der Waals surface area contributed by atoms with Crippen LogP contribution in [-0.4, -0.2) is 65.1 Å². The van der Waals surface area contributed by atoms with E-state index in [9.17, 15) is 4.55 Å². The lowest BCUT2D eigenvalue weighted by Crippen LogP contribution is -2.49. The maximum atomic E-state index is 11.2. The molecule has 0 saturated carbocycles. The molecule has 0 aliphatic carbocycles. The highest BCUT2D eigenvalue weighted by molar-refractivity contribution is 7.91. The van der Waals surface area contributed by atoms with E-state index < -0.39 is 11.2 Å². The van der Waals surface area contributed by atoms with Gasteiger partial charge >= 0.3 is 0 Å². The summed E-state index contributed by atoms with van der Waals surface area (Å²) in [6, 6.07) is 0.767. The largest absolute Gasteiger partial charge is 0.616 e. The third kappa shape index (κ3) is 2.63. The number of likely N-dealkylation sites (tertiary alicyclic amines) is 1. The van der Waals surface area contributed by atoms with Crippen LogP contribution in [0.1, 0.15) is 12.8 Å². The number of piperidine rings is 1. The van der Waals surface area contributed by atoms with Gasteiger partial charge in [0.05, 0.1) is 0 Å². The van der Waals surface area contributed by atoms with Crippen LogP contribution in [0, 0.1) is 0 Å². The molecule has 0 bridgehead atoms. The Balaban J connectivity index is 1.78. The van der Waals surface area contributed by atoms with Gasteiger partial charge in [0, 0.05) is 19.1 Å². The summed E-state index contributed by atoms with van der Waals surface area (Å²) in [5, 5.41) is 0. The van der Waals surface area contributed by atoms with Crippen molar-refractivity contribution < 1.29 is 4.55 Å². The SMILES string of the molecule is CN1CCC(N2CC[S+]([O-])CC2)CC1. The summed E-state index contributed by atoms with van der Waals surface area (Å²) < 4.78 is 11.2. The molecule has 4 heteroatoms. The molecule has 0 amide bonds. The van der Waals surface area contributed by atoms with Crippen LogP contribution in [0.5, 0.6) is 0 Å². The standard InChI is InChI=1S/C10H20N2OS/c1-11-4-2-10(3-5-11)12-6-8-14(13)9-7-12/h10H,2-9H2,1H3. The number of nitrogens with zero attached hydrogens (tertiary/aromatic N) is 2. The topological polar surface area (TPSA) is 29.5 Å². The molecule has 2 saturated heterocycles. The van der Waals surface area contributed by atoms with E-state index in [0.29, 0.717) is 0 Å². The predicted molar refractivity (Wildman–Crippen MR) is 60.0 cm³/mol. The van der Waals surface area contributed by atoms with E-state index in [1.54, 1.807) is 0 Å². The normalized spacial score (nSPS) is 29.6. The fourth-order valence-electron chi connectivity index (χ4n) is 2.38. The Morgan fingerprint density at radius 3 is 2.21 bits per heavy atom. The van der Waals surface area contributed by atoms with Crippen LogP contribution < -0.4 is 0 Å². The van der Waals surface area contributed by atoms with E-state index in [1.165, 1.54) is 25.9 Å². The summed E-state index contributed by atoms with van der Waals surface area (Å²) in [6.45, 7) is 4.57. The van der Waals surface area contributed by atoms with Crippen molar-refractivity contribution >= 4 is 11.2 Å². The van der Waals surface area contributed by atoms with Gasteiger partial charge in [-0.2, -0.15) is 0 Å². The summed E-state index contributed by atoms with van der Waals surface area (Å²) in [7, 11) is 2.20. The van der Waals surface area contributed by atoms with E-state index in [0.717, 1.165) is 30.6 Å². The van der Waals surface area contributed by atoms with Crippen LogP contribution in [-0.2, 0) is 11.2 Å². The molecule has 2 rings (SSSR count). The highest BCUT2D eigenvalue weighted by Gasteiger charge is 2.27. The minimum atomic E-state index is -0.524. The Labute approximate surface area is 89.6 Å². The Morgan fingerprint density at radius 2 is 1.64 bits per heavy atom. The molecule has 2 fully saturated rings. The molecular weight excluding hydrogens is 196 g/mol. The number of hydrogen-bond donors (Lipinski definition) is 0. The summed E-state index contributed by atoms with van der Waals surface area (Å²) in [5.74, 6) is 1.79. The first-order valence-electron chi connectivity index (χ1n) is 5.53. The molecule has 0 aromatic heterocycles. The third-order valence-electron chi connectivity index (χ3n) is 3.42. The van der Waals surface area contributed by atoms with E-state index in [4.69, 9.17) is 0 Å². The van der Waals surface area contributed by atoms with Crippen LogP contribution in [0.3, 0.4) is 0 Å². The van der Waals surface area contributed by atoms with Gasteiger partial charge in [0.1, 0.15) is 11.5 Å². The fourth-order valence-corrected chi connectivity index (χ4v) is 3.46. The molecule has 2 heterocycles. The molecule has 0 unspecified atom stereocenters. The molecule has 0 atom stereocenters. The average molecular weight is 216 g/mol. The second kappa shape index (κ2) is 4.84. The van der Waals surface area contributed by atoms with Gasteiger partial charge < -0.3 is 9.45 Å². The first-order chi connectivity index (χ1) is 6.75. The molecule has 2 aliphatic heterocycles. The van der Waals surface area contributed by atoms with Gasteiger partial charge in [0.2, 0.25) is 0 Å². The first-order valence-corrected chi connectivity index (χ1v) is 7.02. The van der Waals surface area contributed by atoms with Gasteiger partial charge in [-0.25, -0.2) is 0 Å². The quantitative estimate of drug-likeness (QED) is 0.584. The van der Waals surface area contributed by atoms with Crippen molar-refractivity contribution in [2.45, 2.75) is 18.9 Å². The van der Waals surface area contributed by atoms with Crippen molar-refractivity contribution in [2.75, 3.05) is 44.7 Å². The third-order valence-corrected chi connectivity index (χ3v) is 4.69. The molecule has 0 radical (unpaired) electrons. The second-order valence-corrected chi connectivity index (χ2v) is 6.11. The average Bonchev–Trinajstić information content (AvgIpc) is 2.21. The van der Waals surface area contributed by atoms with Crippen molar-refractivity contribution in [1.82, 2.24) is 9.80 Å². The van der Waals surface area contributed by atoms with Gasteiger partial charge in [-0.05, 0) is 33.0 Å². The number of rotatable bonds is 1. The minimum absolute atomic E-state index is 0.524. The molecule has 0 aromatic rings. The van der Waals surface area contributed by atoms with Crippen molar-refractivity contribution in [3.63, 3.8) is 0 Å². The Bertz CT molecular complexity index is 155. The maximum Gasteiger partial charge on any atom is 0.118 e. The van der Waals surface area contributed by atoms with Crippen LogP contribution in [0.25, 0.3) is 0 Å². The lowest BCUT2D eigenvalue weighted by atomic mass is 10.0. The molecule has 0 N–H and O–H groups in total.